The summed E-state index contributed by atoms with van der Waals surface area (Å²) in [6.07, 6.45) is 8.40. The summed E-state index contributed by atoms with van der Waals surface area (Å²) in [6.45, 7) is 13.3. The number of aromatic nitrogens is 4. The van der Waals surface area contributed by atoms with Crippen LogP contribution in [-0.4, -0.2) is 67.4 Å². The number of ether oxygens (including phenoxy) is 2. The van der Waals surface area contributed by atoms with Gasteiger partial charge in [0.2, 0.25) is 5.95 Å². The van der Waals surface area contributed by atoms with Gasteiger partial charge in [0.1, 0.15) is 11.9 Å². The molecule has 0 aliphatic carbocycles. The van der Waals surface area contributed by atoms with Gasteiger partial charge in [-0.15, -0.1) is 0 Å². The minimum atomic E-state index is -0.573. The molecule has 0 amide bonds. The number of hydrogen-bond acceptors (Lipinski definition) is 8. The summed E-state index contributed by atoms with van der Waals surface area (Å²) >= 11 is 0. The molecule has 0 bridgehead atoms. The second-order valence-electron chi connectivity index (χ2n) is 6.86. The van der Waals surface area contributed by atoms with E-state index in [1.54, 1.807) is 23.3 Å². The molecule has 4 atom stereocenters. The van der Waals surface area contributed by atoms with Crippen molar-refractivity contribution in [1.29, 1.82) is 0 Å². The van der Waals surface area contributed by atoms with E-state index in [0.717, 1.165) is 35.8 Å². The molecule has 32 heavy (non-hydrogen) atoms. The predicted octanol–water partition coefficient (Wildman–Crippen LogP) is 3.67. The van der Waals surface area contributed by atoms with Crippen LogP contribution in [0.4, 0.5) is 17.5 Å². The van der Waals surface area contributed by atoms with Crippen LogP contribution in [0.3, 0.4) is 0 Å². The van der Waals surface area contributed by atoms with E-state index in [4.69, 9.17) is 9.47 Å². The van der Waals surface area contributed by atoms with E-state index in [0.29, 0.717) is 12.6 Å². The molecule has 2 aliphatic heterocycles. The molecule has 4 rings (SSSR count). The van der Waals surface area contributed by atoms with Gasteiger partial charge in [0.25, 0.3) is 0 Å². The van der Waals surface area contributed by atoms with Gasteiger partial charge in [0.15, 0.2) is 0 Å². The fourth-order valence-electron chi connectivity index (χ4n) is 3.03. The van der Waals surface area contributed by atoms with E-state index in [2.05, 4.69) is 25.7 Å². The Labute approximate surface area is 195 Å². The zero-order valence-corrected chi connectivity index (χ0v) is 21.5. The van der Waals surface area contributed by atoms with E-state index in [1.807, 2.05) is 54.8 Å². The van der Waals surface area contributed by atoms with Crippen LogP contribution in [0.15, 0.2) is 18.6 Å². The average molecular weight is 469 g/mol. The van der Waals surface area contributed by atoms with E-state index < -0.39 is 10.8 Å². The summed E-state index contributed by atoms with van der Waals surface area (Å²) in [5.41, 5.74) is 1.84. The quantitative estimate of drug-likeness (QED) is 0.685. The smallest absolute Gasteiger partial charge is 0.229 e. The van der Waals surface area contributed by atoms with Gasteiger partial charge in [-0.1, -0.05) is 34.6 Å². The molecule has 4 heterocycles. The number of fused-ring (bicyclic) bond motifs is 1. The lowest BCUT2D eigenvalue weighted by atomic mass is 10.1. The summed E-state index contributed by atoms with van der Waals surface area (Å²) in [7, 11) is 1.29. The second-order valence-corrected chi connectivity index (χ2v) is 8.59. The first kappa shape index (κ1) is 28.0. The molecule has 10 heteroatoms. The first-order valence-electron chi connectivity index (χ1n) is 11.3. The number of aryl methyl sites for hydroxylation is 2. The van der Waals surface area contributed by atoms with Gasteiger partial charge >= 0.3 is 0 Å². The van der Waals surface area contributed by atoms with Crippen molar-refractivity contribution < 1.29 is 13.7 Å². The van der Waals surface area contributed by atoms with Crippen molar-refractivity contribution in [3.63, 3.8) is 0 Å². The van der Waals surface area contributed by atoms with Crippen LogP contribution in [0.2, 0.25) is 0 Å². The molecular weight excluding hydrogens is 428 g/mol. The van der Waals surface area contributed by atoms with Gasteiger partial charge in [-0.3, -0.25) is 8.89 Å². The molecular formula is C22H40N6O3S. The average Bonchev–Trinajstić information content (AvgIpc) is 3.53. The second kappa shape index (κ2) is 14.9. The third kappa shape index (κ3) is 8.48. The van der Waals surface area contributed by atoms with Crippen molar-refractivity contribution in [2.24, 2.45) is 7.05 Å². The maximum atomic E-state index is 9.92. The maximum Gasteiger partial charge on any atom is 0.229 e. The molecule has 0 spiro atoms. The number of nitrogens with one attached hydrogen (secondary N) is 2. The van der Waals surface area contributed by atoms with Crippen LogP contribution < -0.4 is 10.6 Å². The molecule has 2 saturated heterocycles. The number of hydrogen-bond donors (Lipinski definition) is 2. The summed E-state index contributed by atoms with van der Waals surface area (Å²) < 4.78 is 23.2. The Morgan fingerprint density at radius 3 is 2.50 bits per heavy atom. The maximum absolute atomic E-state index is 9.92. The number of rotatable bonds is 5. The molecule has 2 fully saturated rings. The molecule has 182 valence electrons. The van der Waals surface area contributed by atoms with Gasteiger partial charge in [-0.2, -0.15) is 10.1 Å². The van der Waals surface area contributed by atoms with E-state index in [9.17, 15) is 4.21 Å². The van der Waals surface area contributed by atoms with Crippen molar-refractivity contribution in [3.8, 4) is 0 Å². The summed E-state index contributed by atoms with van der Waals surface area (Å²) in [5.74, 6) is 2.12. The highest BCUT2D eigenvalue weighted by Crippen LogP contribution is 2.29. The van der Waals surface area contributed by atoms with Crippen molar-refractivity contribution in [1.82, 2.24) is 19.7 Å². The van der Waals surface area contributed by atoms with Crippen molar-refractivity contribution in [2.45, 2.75) is 66.2 Å². The lowest BCUT2D eigenvalue weighted by Crippen LogP contribution is -2.34. The van der Waals surface area contributed by atoms with Gasteiger partial charge in [0, 0.05) is 54.4 Å². The van der Waals surface area contributed by atoms with Gasteiger partial charge < -0.3 is 20.1 Å². The Morgan fingerprint density at radius 2 is 1.91 bits per heavy atom. The van der Waals surface area contributed by atoms with Crippen molar-refractivity contribution in [2.75, 3.05) is 35.9 Å². The fraction of sp³-hybridized carbons (Fsp3) is 0.682. The molecule has 2 aromatic rings. The Balaban J connectivity index is 0.000000497. The van der Waals surface area contributed by atoms with E-state index >= 15 is 0 Å². The lowest BCUT2D eigenvalue weighted by molar-refractivity contribution is 0.0718. The van der Waals surface area contributed by atoms with Gasteiger partial charge in [0.05, 0.1) is 30.6 Å². The molecule has 0 saturated carbocycles. The Bertz CT molecular complexity index is 817. The molecule has 2 aliphatic rings. The third-order valence-electron chi connectivity index (χ3n) is 4.63. The largest absolute Gasteiger partial charge is 0.373 e. The first-order valence-corrected chi connectivity index (χ1v) is 13.1. The standard InChI is InChI=1S/C15H20N6O2.C3H8OS.2C2H6/c1-9-5-16-15(18-10-6-17-21(2)7-10)20-14(9)19-11-8-23-12-3-4-22-13(11)12;1-3-5(2)4;2*1-2/h5-7,11-13H,3-4,8H2,1-2H3,(H2,16,18,19,20);3H2,1-2H3;2*1-2H3. The third-order valence-corrected chi connectivity index (χ3v) is 5.44. The molecule has 2 N–H and O–H groups in total. The Kier molecular flexibility index (Phi) is 13.0. The van der Waals surface area contributed by atoms with Crippen LogP contribution in [0.25, 0.3) is 0 Å². The van der Waals surface area contributed by atoms with Gasteiger partial charge in [-0.25, -0.2) is 4.98 Å². The van der Waals surface area contributed by atoms with Crippen LogP contribution in [-0.2, 0) is 27.3 Å². The number of nitrogens with zero attached hydrogens (tertiary/aromatic N) is 4. The minimum absolute atomic E-state index is 0.110. The molecule has 0 radical (unpaired) electrons. The summed E-state index contributed by atoms with van der Waals surface area (Å²) in [5, 5.41) is 10.7. The van der Waals surface area contributed by atoms with Crippen LogP contribution >= 0.6 is 0 Å². The zero-order valence-electron chi connectivity index (χ0n) is 20.7. The molecule has 9 nitrogen and oxygen atoms in total. The zero-order chi connectivity index (χ0) is 24.1. The predicted molar refractivity (Wildman–Crippen MR) is 132 cm³/mol. The van der Waals surface area contributed by atoms with Gasteiger partial charge in [-0.05, 0) is 13.3 Å². The van der Waals surface area contributed by atoms with Crippen LogP contribution in [0.1, 0.15) is 46.6 Å². The SMILES string of the molecule is CC.CC.CCS(C)=O.Cc1cnc(Nc2cnn(C)c2)nc1NC1COC2CCOC12. The number of anilines is 3. The van der Waals surface area contributed by atoms with Crippen LogP contribution in [0.5, 0.6) is 0 Å². The highest BCUT2D eigenvalue weighted by Gasteiger charge is 2.42. The fourth-order valence-corrected chi connectivity index (χ4v) is 3.03. The monoisotopic (exact) mass is 468 g/mol. The van der Waals surface area contributed by atoms with Crippen molar-refractivity contribution in [3.05, 3.63) is 24.2 Å². The van der Waals surface area contributed by atoms with E-state index in [-0.39, 0.29) is 18.2 Å². The van der Waals surface area contributed by atoms with Crippen molar-refractivity contribution >= 4 is 28.3 Å². The minimum Gasteiger partial charge on any atom is -0.373 e. The molecule has 2 aromatic heterocycles. The van der Waals surface area contributed by atoms with E-state index in [1.165, 1.54) is 0 Å². The topological polar surface area (TPSA) is 103 Å². The highest BCUT2D eigenvalue weighted by molar-refractivity contribution is 7.84. The highest BCUT2D eigenvalue weighted by atomic mass is 32.2. The Morgan fingerprint density at radius 1 is 1.22 bits per heavy atom. The molecule has 4 unspecified atom stereocenters. The van der Waals surface area contributed by atoms with Crippen LogP contribution in [0, 0.1) is 6.92 Å². The summed E-state index contributed by atoms with van der Waals surface area (Å²) in [6, 6.07) is 0.127. The lowest BCUT2D eigenvalue weighted by Gasteiger charge is -2.19. The normalized spacial score (nSPS) is 21.6. The summed E-state index contributed by atoms with van der Waals surface area (Å²) in [4.78, 5) is 8.90. The molecule has 0 aromatic carbocycles. The first-order chi connectivity index (χ1) is 15.5. The Hall–Kier alpha value is -2.04.